The molecule has 3 saturated carbocycles. The molecule has 0 unspecified atom stereocenters. The molecule has 13 heteroatoms. The van der Waals surface area contributed by atoms with Gasteiger partial charge in [-0.3, -0.25) is 4.31 Å². The number of carbonyl (C=O) groups excluding carboxylic acids is 1. The number of fused-ring (bicyclic) bond motifs is 4. The molecule has 7 rings (SSSR count). The van der Waals surface area contributed by atoms with Crippen molar-refractivity contribution in [2.45, 2.75) is 62.3 Å². The van der Waals surface area contributed by atoms with Gasteiger partial charge in [0.05, 0.1) is 22.7 Å². The Balaban J connectivity index is 1.45. The normalized spacial score (nSPS) is 25.0. The van der Waals surface area contributed by atoms with Crippen LogP contribution in [0.5, 0.6) is 11.5 Å². The molecule has 3 fully saturated rings. The van der Waals surface area contributed by atoms with Crippen LogP contribution in [0.25, 0.3) is 11.1 Å². The molecule has 0 saturated heterocycles. The molecular weight excluding hydrogens is 612 g/mol. The summed E-state index contributed by atoms with van der Waals surface area (Å²) in [5.74, 6) is -1.17. The first-order chi connectivity index (χ1) is 20.7. The van der Waals surface area contributed by atoms with Gasteiger partial charge < -0.3 is 14.3 Å². The molecule has 3 aromatic carbocycles. The Hall–Kier alpha value is -3.74. The van der Waals surface area contributed by atoms with Crippen molar-refractivity contribution in [1.82, 2.24) is 0 Å². The van der Waals surface area contributed by atoms with Crippen LogP contribution in [0.2, 0.25) is 0 Å². The first-order valence-corrected chi connectivity index (χ1v) is 15.4. The topological polar surface area (TPSA) is 72.9 Å². The minimum Gasteiger partial charge on any atom is -0.486 e. The lowest BCUT2D eigenvalue weighted by Crippen LogP contribution is -2.56. The van der Waals surface area contributed by atoms with Crippen molar-refractivity contribution in [2.75, 3.05) is 10.8 Å². The third-order valence-electron chi connectivity index (χ3n) is 9.30. The third-order valence-corrected chi connectivity index (χ3v) is 11.1. The zero-order valence-corrected chi connectivity index (χ0v) is 23.9. The van der Waals surface area contributed by atoms with Gasteiger partial charge >= 0.3 is 12.8 Å². The van der Waals surface area contributed by atoms with E-state index >= 15 is 0 Å². The monoisotopic (exact) mass is 639 g/mol. The molecule has 1 aliphatic heterocycles. The van der Waals surface area contributed by atoms with Crippen LogP contribution in [0.1, 0.15) is 44.1 Å². The molecule has 2 bridgehead atoms. The first kappa shape index (κ1) is 30.3. The second-order valence-electron chi connectivity index (χ2n) is 11.7. The Morgan fingerprint density at radius 3 is 2.27 bits per heavy atom. The van der Waals surface area contributed by atoms with Gasteiger partial charge in [-0.2, -0.15) is 22.0 Å². The number of rotatable bonds is 7. The average Bonchev–Trinajstić information content (AvgIpc) is 3.00. The number of alkyl halides is 5. The number of ether oxygens (including phenoxy) is 2. The lowest BCUT2D eigenvalue weighted by molar-refractivity contribution is -0.137. The van der Waals surface area contributed by atoms with Crippen molar-refractivity contribution in [3.05, 3.63) is 72.0 Å². The van der Waals surface area contributed by atoms with Crippen LogP contribution in [-0.2, 0) is 21.0 Å². The van der Waals surface area contributed by atoms with Crippen molar-refractivity contribution >= 4 is 22.0 Å². The van der Waals surface area contributed by atoms with E-state index in [0.29, 0.717) is 44.6 Å². The smallest absolute Gasteiger partial charge is 0.416 e. The lowest BCUT2D eigenvalue weighted by atomic mass is 9.52. The molecule has 0 radical (unpaired) electrons. The summed E-state index contributed by atoms with van der Waals surface area (Å²) in [4.78, 5) is 11.2. The standard InChI is InChI=1S/C31H27F6NO5S/c32-22-12-20(13-23(16-22)42-28(33)34)19-4-5-26-25(14-19)38(44(40,41)24-3-1-2-21(15-24)31(35,36)37)17-27(43-26)30-9-6-29(18-39,7-10-30)8-11-30/h1-5,12-16,18,27-28H,6-11,17H2/t27-,29?,30?/m1/s1. The van der Waals surface area contributed by atoms with Crippen LogP contribution in [0, 0.1) is 16.6 Å². The number of nitrogens with zero attached hydrogens (tertiary/aromatic N) is 1. The number of benzene rings is 3. The third kappa shape index (κ3) is 5.39. The highest BCUT2D eigenvalue weighted by molar-refractivity contribution is 7.92. The summed E-state index contributed by atoms with van der Waals surface area (Å²) in [6.45, 7) is -3.42. The highest BCUT2D eigenvalue weighted by atomic mass is 32.2. The summed E-state index contributed by atoms with van der Waals surface area (Å²) >= 11 is 0. The highest BCUT2D eigenvalue weighted by Gasteiger charge is 2.55. The molecule has 0 spiro atoms. The number of hydrogen-bond donors (Lipinski definition) is 0. The number of anilines is 1. The van der Waals surface area contributed by atoms with Crippen LogP contribution in [-0.4, -0.2) is 34.0 Å². The van der Waals surface area contributed by atoms with Crippen molar-refractivity contribution < 1.29 is 49.0 Å². The van der Waals surface area contributed by atoms with E-state index in [-0.39, 0.29) is 29.1 Å². The number of sulfonamides is 1. The van der Waals surface area contributed by atoms with E-state index in [1.165, 1.54) is 18.2 Å². The van der Waals surface area contributed by atoms with Crippen molar-refractivity contribution in [1.29, 1.82) is 0 Å². The van der Waals surface area contributed by atoms with Crippen LogP contribution < -0.4 is 13.8 Å². The summed E-state index contributed by atoms with van der Waals surface area (Å²) < 4.78 is 121. The lowest BCUT2D eigenvalue weighted by Gasteiger charge is -2.55. The quantitative estimate of drug-likeness (QED) is 0.197. The van der Waals surface area contributed by atoms with Crippen LogP contribution >= 0.6 is 0 Å². The maximum Gasteiger partial charge on any atom is 0.416 e. The fraction of sp³-hybridized carbons (Fsp3) is 0.387. The van der Waals surface area contributed by atoms with Gasteiger partial charge in [-0.1, -0.05) is 12.1 Å². The van der Waals surface area contributed by atoms with Gasteiger partial charge in [0.2, 0.25) is 0 Å². The minimum atomic E-state index is -4.78. The van der Waals surface area contributed by atoms with Gasteiger partial charge in [-0.05, 0) is 92.1 Å². The van der Waals surface area contributed by atoms with Gasteiger partial charge in [0.25, 0.3) is 10.0 Å². The summed E-state index contributed by atoms with van der Waals surface area (Å²) in [6, 6.07) is 10.8. The Morgan fingerprint density at radius 1 is 0.932 bits per heavy atom. The van der Waals surface area contributed by atoms with Crippen molar-refractivity contribution in [3.8, 4) is 22.6 Å². The van der Waals surface area contributed by atoms with E-state index in [1.807, 2.05) is 0 Å². The van der Waals surface area contributed by atoms with Crippen LogP contribution in [0.3, 0.4) is 0 Å². The van der Waals surface area contributed by atoms with Gasteiger partial charge in [0.1, 0.15) is 29.7 Å². The summed E-state index contributed by atoms with van der Waals surface area (Å²) in [7, 11) is -4.60. The molecule has 6 nitrogen and oxygen atoms in total. The molecule has 4 aliphatic rings. The molecule has 0 amide bonds. The Morgan fingerprint density at radius 2 is 1.64 bits per heavy atom. The molecule has 0 N–H and O–H groups in total. The highest BCUT2D eigenvalue weighted by Crippen LogP contribution is 2.59. The zero-order valence-electron chi connectivity index (χ0n) is 23.1. The fourth-order valence-electron chi connectivity index (χ4n) is 6.74. The van der Waals surface area contributed by atoms with E-state index in [4.69, 9.17) is 4.74 Å². The van der Waals surface area contributed by atoms with Gasteiger partial charge in [0.15, 0.2) is 0 Å². The number of hydrogen-bond acceptors (Lipinski definition) is 5. The number of carbonyl (C=O) groups is 1. The minimum absolute atomic E-state index is 0.00186. The van der Waals surface area contributed by atoms with Crippen molar-refractivity contribution in [2.24, 2.45) is 10.8 Å². The number of aldehydes is 1. The average molecular weight is 640 g/mol. The van der Waals surface area contributed by atoms with Gasteiger partial charge in [-0.15, -0.1) is 0 Å². The van der Waals surface area contributed by atoms with E-state index in [0.717, 1.165) is 47.0 Å². The van der Waals surface area contributed by atoms with Crippen LogP contribution in [0.4, 0.5) is 32.0 Å². The van der Waals surface area contributed by atoms with E-state index < -0.39 is 61.8 Å². The second-order valence-corrected chi connectivity index (χ2v) is 13.6. The summed E-state index contributed by atoms with van der Waals surface area (Å²) in [5, 5.41) is 0. The molecular formula is C31H27F6NO5S. The van der Waals surface area contributed by atoms with E-state index in [1.54, 1.807) is 0 Å². The summed E-state index contributed by atoms with van der Waals surface area (Å²) in [5.41, 5.74) is -1.64. The van der Waals surface area contributed by atoms with Gasteiger partial charge in [0, 0.05) is 16.9 Å². The first-order valence-electron chi connectivity index (χ1n) is 14.0. The van der Waals surface area contributed by atoms with Crippen molar-refractivity contribution in [3.63, 3.8) is 0 Å². The Bertz CT molecular complexity index is 1690. The Labute approximate surface area is 249 Å². The number of halogens is 6. The zero-order chi connectivity index (χ0) is 31.5. The molecule has 0 aromatic heterocycles. The molecule has 44 heavy (non-hydrogen) atoms. The molecule has 3 aromatic rings. The maximum atomic E-state index is 14.3. The molecule has 3 aliphatic carbocycles. The summed E-state index contributed by atoms with van der Waals surface area (Å²) in [6.07, 6.45) is -0.684. The largest absolute Gasteiger partial charge is 0.486 e. The molecule has 1 heterocycles. The van der Waals surface area contributed by atoms with E-state index in [9.17, 15) is 39.6 Å². The predicted octanol–water partition coefficient (Wildman–Crippen LogP) is 7.61. The maximum absolute atomic E-state index is 14.3. The SMILES string of the molecule is O=CC12CCC([C@H]3CN(S(=O)(=O)c4cccc(C(F)(F)F)c4)c4cc(-c5cc(F)cc(OC(F)F)c5)ccc4O3)(CC1)CC2. The fourth-order valence-corrected chi connectivity index (χ4v) is 8.26. The molecule has 1 atom stereocenters. The Kier molecular flexibility index (Phi) is 7.37. The predicted molar refractivity (Wildman–Crippen MR) is 147 cm³/mol. The second kappa shape index (κ2) is 10.7. The molecule has 234 valence electrons. The van der Waals surface area contributed by atoms with Gasteiger partial charge in [-0.25, -0.2) is 12.8 Å². The van der Waals surface area contributed by atoms with E-state index in [2.05, 4.69) is 4.74 Å². The van der Waals surface area contributed by atoms with Crippen LogP contribution in [0.15, 0.2) is 65.6 Å².